The third-order valence-corrected chi connectivity index (χ3v) is 4.88. The third-order valence-electron chi connectivity index (χ3n) is 3.96. The summed E-state index contributed by atoms with van der Waals surface area (Å²) in [5.41, 5.74) is 4.60. The van der Waals surface area contributed by atoms with Crippen molar-refractivity contribution >= 4 is 22.4 Å². The van der Waals surface area contributed by atoms with Gasteiger partial charge >= 0.3 is 0 Å². The van der Waals surface area contributed by atoms with Crippen LogP contribution >= 0.6 is 11.3 Å². The lowest BCUT2D eigenvalue weighted by atomic mass is 10.1. The number of hydrogen-bond donors (Lipinski definition) is 1. The van der Waals surface area contributed by atoms with Gasteiger partial charge in [0.05, 0.1) is 0 Å². The fourth-order valence-electron chi connectivity index (χ4n) is 2.63. The van der Waals surface area contributed by atoms with Crippen LogP contribution in [0.25, 0.3) is 0 Å². The summed E-state index contributed by atoms with van der Waals surface area (Å²) in [6, 6.07) is 14.3. The number of nitrogens with one attached hydrogen (secondary N) is 1. The summed E-state index contributed by atoms with van der Waals surface area (Å²) in [6.45, 7) is 6.01. The summed E-state index contributed by atoms with van der Waals surface area (Å²) in [7, 11) is 0. The highest BCUT2D eigenvalue weighted by Gasteiger charge is 2.09. The molecular formula is C21H22N2O2S. The molecule has 3 aromatic rings. The van der Waals surface area contributed by atoms with Gasteiger partial charge in [-0.1, -0.05) is 42.0 Å². The fourth-order valence-corrected chi connectivity index (χ4v) is 3.49. The minimum Gasteiger partial charge on any atom is -0.483 e. The van der Waals surface area contributed by atoms with Gasteiger partial charge in [0, 0.05) is 17.5 Å². The van der Waals surface area contributed by atoms with E-state index in [2.05, 4.69) is 41.5 Å². The molecule has 2 aromatic carbocycles. The first-order chi connectivity index (χ1) is 12.5. The van der Waals surface area contributed by atoms with Gasteiger partial charge < -0.3 is 4.74 Å². The quantitative estimate of drug-likeness (QED) is 0.689. The van der Waals surface area contributed by atoms with E-state index in [1.165, 1.54) is 22.5 Å². The Balaban J connectivity index is 1.55. The van der Waals surface area contributed by atoms with Gasteiger partial charge in [-0.3, -0.25) is 10.1 Å². The minimum absolute atomic E-state index is 0.0307. The second kappa shape index (κ2) is 8.15. The van der Waals surface area contributed by atoms with Crippen molar-refractivity contribution in [3.05, 3.63) is 75.8 Å². The molecule has 0 atom stereocenters. The maximum Gasteiger partial charge on any atom is 0.264 e. The molecule has 26 heavy (non-hydrogen) atoms. The molecule has 0 aliphatic carbocycles. The SMILES string of the molecule is Cc1cccc(Cc2cnc(NC(=O)COc3cc(C)ccc3C)s2)c1. The second-order valence-electron chi connectivity index (χ2n) is 6.40. The van der Waals surface area contributed by atoms with Gasteiger partial charge in [0.25, 0.3) is 5.91 Å². The molecule has 1 N–H and O–H groups in total. The predicted molar refractivity (Wildman–Crippen MR) is 106 cm³/mol. The summed E-state index contributed by atoms with van der Waals surface area (Å²) in [5, 5.41) is 3.41. The van der Waals surface area contributed by atoms with E-state index in [9.17, 15) is 4.79 Å². The van der Waals surface area contributed by atoms with E-state index in [0.29, 0.717) is 5.13 Å². The van der Waals surface area contributed by atoms with E-state index in [0.717, 1.165) is 28.2 Å². The Morgan fingerprint density at radius 2 is 1.92 bits per heavy atom. The first kappa shape index (κ1) is 18.1. The van der Waals surface area contributed by atoms with Gasteiger partial charge in [-0.25, -0.2) is 4.98 Å². The lowest BCUT2D eigenvalue weighted by Crippen LogP contribution is -2.20. The molecule has 0 saturated heterocycles. The van der Waals surface area contributed by atoms with E-state index in [-0.39, 0.29) is 12.5 Å². The zero-order valence-corrected chi connectivity index (χ0v) is 16.0. The minimum atomic E-state index is -0.206. The number of carbonyl (C=O) groups is 1. The van der Waals surface area contributed by atoms with E-state index in [4.69, 9.17) is 4.74 Å². The summed E-state index contributed by atoms with van der Waals surface area (Å²) in [6.07, 6.45) is 2.63. The number of nitrogens with zero attached hydrogens (tertiary/aromatic N) is 1. The molecular weight excluding hydrogens is 344 g/mol. The average molecular weight is 366 g/mol. The standard InChI is InChI=1S/C21H22N2O2S/c1-14-5-4-6-17(9-14)11-18-12-22-21(26-18)23-20(24)13-25-19-10-15(2)7-8-16(19)3/h4-10,12H,11,13H2,1-3H3,(H,22,23,24). The Morgan fingerprint density at radius 1 is 1.12 bits per heavy atom. The van der Waals surface area contributed by atoms with Crippen molar-refractivity contribution in [2.45, 2.75) is 27.2 Å². The van der Waals surface area contributed by atoms with Gasteiger partial charge in [0.2, 0.25) is 0 Å². The van der Waals surface area contributed by atoms with Crippen LogP contribution in [0.15, 0.2) is 48.7 Å². The van der Waals surface area contributed by atoms with Crippen molar-refractivity contribution in [3.8, 4) is 5.75 Å². The van der Waals surface area contributed by atoms with Crippen LogP contribution < -0.4 is 10.1 Å². The first-order valence-corrected chi connectivity index (χ1v) is 9.31. The lowest BCUT2D eigenvalue weighted by Gasteiger charge is -2.09. The van der Waals surface area contributed by atoms with Crippen molar-refractivity contribution in [1.29, 1.82) is 0 Å². The van der Waals surface area contributed by atoms with Crippen molar-refractivity contribution in [2.24, 2.45) is 0 Å². The number of ether oxygens (including phenoxy) is 1. The first-order valence-electron chi connectivity index (χ1n) is 8.50. The number of benzene rings is 2. The molecule has 0 aliphatic rings. The van der Waals surface area contributed by atoms with E-state index < -0.39 is 0 Å². The maximum atomic E-state index is 12.1. The monoisotopic (exact) mass is 366 g/mol. The highest BCUT2D eigenvalue weighted by atomic mass is 32.1. The summed E-state index contributed by atoms with van der Waals surface area (Å²) in [5.74, 6) is 0.529. The molecule has 4 nitrogen and oxygen atoms in total. The molecule has 5 heteroatoms. The van der Waals surface area contributed by atoms with E-state index >= 15 is 0 Å². The number of carbonyl (C=O) groups excluding carboxylic acids is 1. The number of aryl methyl sites for hydroxylation is 3. The van der Waals surface area contributed by atoms with Crippen molar-refractivity contribution in [3.63, 3.8) is 0 Å². The van der Waals surface area contributed by atoms with E-state index in [1.807, 2.05) is 38.2 Å². The number of rotatable bonds is 6. The number of amides is 1. The number of thiazole rings is 1. The van der Waals surface area contributed by atoms with Crippen LogP contribution in [0.1, 0.15) is 27.1 Å². The number of hydrogen-bond acceptors (Lipinski definition) is 4. The van der Waals surface area contributed by atoms with Crippen molar-refractivity contribution in [2.75, 3.05) is 11.9 Å². The van der Waals surface area contributed by atoms with Crippen LogP contribution in [0.3, 0.4) is 0 Å². The molecule has 0 unspecified atom stereocenters. The zero-order chi connectivity index (χ0) is 18.5. The van der Waals surface area contributed by atoms with Gasteiger partial charge in [-0.2, -0.15) is 0 Å². The maximum absolute atomic E-state index is 12.1. The van der Waals surface area contributed by atoms with Gasteiger partial charge in [-0.05, 0) is 43.5 Å². The van der Waals surface area contributed by atoms with Crippen LogP contribution in [0.4, 0.5) is 5.13 Å². The number of aromatic nitrogens is 1. The molecule has 0 fully saturated rings. The van der Waals surface area contributed by atoms with Crippen LogP contribution in [-0.2, 0) is 11.2 Å². The van der Waals surface area contributed by atoms with Gasteiger partial charge in [-0.15, -0.1) is 11.3 Å². The molecule has 0 radical (unpaired) electrons. The fraction of sp³-hybridized carbons (Fsp3) is 0.238. The summed E-state index contributed by atoms with van der Waals surface area (Å²) < 4.78 is 5.63. The molecule has 1 aromatic heterocycles. The molecule has 134 valence electrons. The highest BCUT2D eigenvalue weighted by Crippen LogP contribution is 2.22. The Hall–Kier alpha value is -2.66. The van der Waals surface area contributed by atoms with Crippen molar-refractivity contribution < 1.29 is 9.53 Å². The Morgan fingerprint density at radius 3 is 2.73 bits per heavy atom. The summed E-state index contributed by atoms with van der Waals surface area (Å²) >= 11 is 1.49. The van der Waals surface area contributed by atoms with Crippen LogP contribution in [0, 0.1) is 20.8 Å². The molecule has 0 aliphatic heterocycles. The highest BCUT2D eigenvalue weighted by molar-refractivity contribution is 7.15. The molecule has 1 amide bonds. The zero-order valence-electron chi connectivity index (χ0n) is 15.2. The molecule has 0 bridgehead atoms. The van der Waals surface area contributed by atoms with Crippen molar-refractivity contribution in [1.82, 2.24) is 4.98 Å². The van der Waals surface area contributed by atoms with Crippen LogP contribution in [0.5, 0.6) is 5.75 Å². The average Bonchev–Trinajstić information content (AvgIpc) is 3.02. The van der Waals surface area contributed by atoms with Crippen LogP contribution in [-0.4, -0.2) is 17.5 Å². The predicted octanol–water partition coefficient (Wildman–Crippen LogP) is 4.68. The lowest BCUT2D eigenvalue weighted by molar-refractivity contribution is -0.118. The molecule has 0 spiro atoms. The Labute approximate surface area is 157 Å². The van der Waals surface area contributed by atoms with E-state index in [1.54, 1.807) is 0 Å². The van der Waals surface area contributed by atoms with Gasteiger partial charge in [0.1, 0.15) is 5.75 Å². The van der Waals surface area contributed by atoms with Gasteiger partial charge in [0.15, 0.2) is 11.7 Å². The number of anilines is 1. The molecule has 3 rings (SSSR count). The Kier molecular flexibility index (Phi) is 5.68. The largest absolute Gasteiger partial charge is 0.483 e. The Bertz CT molecular complexity index is 918. The molecule has 0 saturated carbocycles. The topological polar surface area (TPSA) is 51.2 Å². The summed E-state index contributed by atoms with van der Waals surface area (Å²) in [4.78, 5) is 17.5. The normalized spacial score (nSPS) is 10.6. The second-order valence-corrected chi connectivity index (χ2v) is 7.52. The smallest absolute Gasteiger partial charge is 0.264 e. The molecule has 1 heterocycles. The van der Waals surface area contributed by atoms with Crippen LogP contribution in [0.2, 0.25) is 0 Å². The third kappa shape index (κ3) is 4.92.